The molecule has 6 N–H and O–H groups in total. The number of phenolic OH excluding ortho intramolecular Hbond substituents is 1. The summed E-state index contributed by atoms with van der Waals surface area (Å²) in [4.78, 5) is 70.4. The Morgan fingerprint density at radius 2 is 1.89 bits per heavy atom. The number of ether oxygens (including phenoxy) is 2. The van der Waals surface area contributed by atoms with Crippen molar-refractivity contribution in [2.45, 2.75) is 80.9 Å². The first-order chi connectivity index (χ1) is 33.8. The van der Waals surface area contributed by atoms with E-state index in [4.69, 9.17) is 20.9 Å². The van der Waals surface area contributed by atoms with Crippen LogP contribution in [0, 0.1) is 24.0 Å². The molecular weight excluding hydrogens is 907 g/mol. The van der Waals surface area contributed by atoms with Crippen LogP contribution in [0.25, 0.3) is 32.9 Å². The number of aromatic hydroxyl groups is 1. The second kappa shape index (κ2) is 17.5. The van der Waals surface area contributed by atoms with Crippen LogP contribution < -0.4 is 30.9 Å². The number of imide groups is 1. The maximum atomic E-state index is 17.2. The molecule has 20 heteroatoms. The van der Waals surface area contributed by atoms with Crippen LogP contribution in [0.4, 0.5) is 25.1 Å². The highest BCUT2D eigenvalue weighted by atomic mass is 19.1. The molecular formula is C50H48F2N10O8. The third kappa shape index (κ3) is 7.73. The van der Waals surface area contributed by atoms with Gasteiger partial charge < -0.3 is 40.5 Å². The van der Waals surface area contributed by atoms with Crippen LogP contribution in [0.5, 0.6) is 11.8 Å². The predicted molar refractivity (Wildman–Crippen MR) is 250 cm³/mol. The van der Waals surface area contributed by atoms with Gasteiger partial charge >= 0.3 is 12.1 Å². The summed E-state index contributed by atoms with van der Waals surface area (Å²) < 4.78 is 44.5. The van der Waals surface area contributed by atoms with E-state index in [1.165, 1.54) is 30.5 Å². The van der Waals surface area contributed by atoms with Gasteiger partial charge in [0.05, 0.1) is 28.7 Å². The smallest absolute Gasteiger partial charge is 0.408 e. The molecule has 5 saturated heterocycles. The number of aliphatic hydroxyl groups excluding tert-OH is 1. The molecule has 0 aliphatic carbocycles. The van der Waals surface area contributed by atoms with Crippen molar-refractivity contribution in [3.8, 4) is 35.4 Å². The Kier molecular flexibility index (Phi) is 11.2. The van der Waals surface area contributed by atoms with Gasteiger partial charge in [0.15, 0.2) is 12.0 Å². The Hall–Kier alpha value is -7.47. The number of alkyl carbamates (subject to hydrolysis) is 1. The summed E-state index contributed by atoms with van der Waals surface area (Å²) in [5, 5.41) is 34.2. The number of piperidine rings is 1. The number of aromatic nitrogens is 3. The van der Waals surface area contributed by atoms with Crippen LogP contribution in [0.2, 0.25) is 0 Å². The minimum Gasteiger partial charge on any atom is -0.508 e. The Morgan fingerprint density at radius 1 is 1.07 bits per heavy atom. The number of piperazine rings is 1. The fraction of sp³-hybridized carbons (Fsp3) is 0.380. The molecule has 5 aromatic rings. The van der Waals surface area contributed by atoms with E-state index in [1.54, 1.807) is 18.2 Å². The number of rotatable bonds is 11. The van der Waals surface area contributed by atoms with Crippen molar-refractivity contribution in [3.63, 3.8) is 0 Å². The summed E-state index contributed by atoms with van der Waals surface area (Å²) in [5.74, 6) is -0.516. The topological polar surface area (TPSA) is 224 Å². The number of phenols is 1. The predicted octanol–water partition coefficient (Wildman–Crippen LogP) is 4.34. The molecule has 5 fully saturated rings. The van der Waals surface area contributed by atoms with E-state index in [9.17, 15) is 29.4 Å². The fourth-order valence-corrected chi connectivity index (χ4v) is 11.4. The molecule has 0 spiro atoms. The average Bonchev–Trinajstić information content (AvgIpc) is 4.04. The number of nitrogens with zero attached hydrogens (tertiary/aromatic N) is 6. The van der Waals surface area contributed by atoms with Crippen molar-refractivity contribution >= 4 is 57.0 Å². The van der Waals surface area contributed by atoms with Crippen molar-refractivity contribution < 1.29 is 47.6 Å². The number of benzene rings is 3. The zero-order chi connectivity index (χ0) is 48.6. The number of hydrogen-bond acceptors (Lipinski definition) is 15. The largest absolute Gasteiger partial charge is 0.508 e. The number of amides is 4. The quantitative estimate of drug-likeness (QED) is 0.0469. The van der Waals surface area contributed by atoms with E-state index in [1.807, 2.05) is 0 Å². The van der Waals surface area contributed by atoms with E-state index in [-0.39, 0.29) is 101 Å². The molecule has 8 heterocycles. The first kappa shape index (κ1) is 45.0. The standard InChI is InChI=1S/C50H48F2N10O8/c1-3-31-35(51)10-7-26-15-30(63)16-33(39(26)31)42-41(52)43-34(18-53-42)44(60-20-27-8-9-28(21-60)56-27)59-48(58-43)70-23-50-14-13-29(61(50)19-25(2)17-50)22-69-49(68)55-24-54-36-6-4-5-32-40(36)47(67)62(46(32)66)37-11-12-38(64)57-45(37)65/h1,4-7,10,15-16,18,27-29,37,46,54,56,63,66H,2,8-9,11-14,17,19-24H2,(H,55,68)(H,57,64,65)/t27?,28?,29-,37?,46?,50-/m0/s1. The molecule has 2 bridgehead atoms. The van der Waals surface area contributed by atoms with Crippen molar-refractivity contribution in [1.82, 2.24) is 40.7 Å². The van der Waals surface area contributed by atoms with Crippen LogP contribution in [-0.2, 0) is 14.3 Å². The van der Waals surface area contributed by atoms with Crippen molar-refractivity contribution in [2.24, 2.45) is 0 Å². The third-order valence-corrected chi connectivity index (χ3v) is 14.6. The molecule has 18 nitrogen and oxygen atoms in total. The first-order valence-corrected chi connectivity index (χ1v) is 23.3. The zero-order valence-corrected chi connectivity index (χ0v) is 37.8. The summed E-state index contributed by atoms with van der Waals surface area (Å²) in [5.41, 5.74) is 0.946. The van der Waals surface area contributed by atoms with Crippen LogP contribution >= 0.6 is 0 Å². The lowest BCUT2D eigenvalue weighted by Gasteiger charge is -2.35. The van der Waals surface area contributed by atoms with Gasteiger partial charge in [-0.3, -0.25) is 34.5 Å². The molecule has 6 aliphatic rings. The number of terminal acetylenes is 1. The van der Waals surface area contributed by atoms with Crippen molar-refractivity contribution in [2.75, 3.05) is 49.7 Å². The molecule has 6 atom stereocenters. The minimum atomic E-state index is -1.40. The van der Waals surface area contributed by atoms with Gasteiger partial charge in [-0.25, -0.2) is 13.6 Å². The summed E-state index contributed by atoms with van der Waals surface area (Å²) in [6, 6.07) is 9.40. The molecule has 0 saturated carbocycles. The molecule has 4 unspecified atom stereocenters. The SMILES string of the molecule is C#Cc1c(F)ccc2cc(O)cc(-c3ncc4c(N5CC6CCC(C5)N6)nc(OC[C@@]56CC[C@@H](COC(=O)NCNc7cccc8c7C(=O)N(C7CCC(=O)NC7=O)C8O)N5CC(=C)C6)nc4c3F)c12. The highest BCUT2D eigenvalue weighted by Gasteiger charge is 2.52. The fourth-order valence-electron chi connectivity index (χ4n) is 11.4. The summed E-state index contributed by atoms with van der Waals surface area (Å²) in [6.45, 7) is 6.10. The maximum Gasteiger partial charge on any atom is 0.408 e. The molecule has 70 heavy (non-hydrogen) atoms. The van der Waals surface area contributed by atoms with E-state index in [0.29, 0.717) is 61.2 Å². The van der Waals surface area contributed by atoms with Gasteiger partial charge in [0.25, 0.3) is 5.91 Å². The van der Waals surface area contributed by atoms with Gasteiger partial charge in [0.2, 0.25) is 11.8 Å². The van der Waals surface area contributed by atoms with E-state index < -0.39 is 53.3 Å². The third-order valence-electron chi connectivity index (χ3n) is 14.6. The second-order valence-electron chi connectivity index (χ2n) is 18.9. The summed E-state index contributed by atoms with van der Waals surface area (Å²) in [6.07, 6.45) is 9.17. The van der Waals surface area contributed by atoms with Crippen LogP contribution in [0.15, 0.2) is 60.8 Å². The Labute approximate surface area is 399 Å². The number of anilines is 2. The minimum absolute atomic E-state index is 0.0349. The van der Waals surface area contributed by atoms with Gasteiger partial charge in [-0.1, -0.05) is 36.3 Å². The van der Waals surface area contributed by atoms with Gasteiger partial charge in [0.1, 0.15) is 47.9 Å². The van der Waals surface area contributed by atoms with Gasteiger partial charge in [0, 0.05) is 72.6 Å². The Morgan fingerprint density at radius 3 is 2.67 bits per heavy atom. The molecule has 4 amide bonds. The van der Waals surface area contributed by atoms with Crippen molar-refractivity contribution in [1.29, 1.82) is 0 Å². The Balaban J connectivity index is 0.793. The number of nitrogens with one attached hydrogen (secondary N) is 4. The summed E-state index contributed by atoms with van der Waals surface area (Å²) in [7, 11) is 0. The zero-order valence-electron chi connectivity index (χ0n) is 37.8. The normalized spacial score (nSPS) is 25.0. The lowest BCUT2D eigenvalue weighted by Crippen LogP contribution is -2.53. The number of carbonyl (C=O) groups is 4. The molecule has 2 aromatic heterocycles. The molecule has 11 rings (SSSR count). The molecule has 360 valence electrons. The Bertz CT molecular complexity index is 3100. The first-order valence-electron chi connectivity index (χ1n) is 23.3. The number of fused-ring (bicyclic) bond motifs is 6. The van der Waals surface area contributed by atoms with E-state index in [0.717, 1.165) is 23.3 Å². The lowest BCUT2D eigenvalue weighted by molar-refractivity contribution is -0.139. The van der Waals surface area contributed by atoms with Crippen LogP contribution in [0.3, 0.4) is 0 Å². The van der Waals surface area contributed by atoms with E-state index >= 15 is 8.78 Å². The monoisotopic (exact) mass is 954 g/mol. The number of halogens is 2. The average molecular weight is 955 g/mol. The number of aliphatic hydroxyl groups is 1. The molecule has 0 radical (unpaired) electrons. The van der Waals surface area contributed by atoms with Gasteiger partial charge in [-0.15, -0.1) is 6.42 Å². The molecule has 6 aliphatic heterocycles. The second-order valence-corrected chi connectivity index (χ2v) is 18.9. The maximum absolute atomic E-state index is 17.2. The molecule has 3 aromatic carbocycles. The highest BCUT2D eigenvalue weighted by Crippen LogP contribution is 2.45. The number of carbonyl (C=O) groups excluding carboxylic acids is 4. The lowest BCUT2D eigenvalue weighted by atomic mass is 9.94. The number of hydrogen-bond donors (Lipinski definition) is 6. The van der Waals surface area contributed by atoms with Crippen molar-refractivity contribution in [3.05, 3.63) is 89.1 Å². The van der Waals surface area contributed by atoms with Gasteiger partial charge in [-0.2, -0.15) is 9.97 Å². The van der Waals surface area contributed by atoms with Crippen LogP contribution in [0.1, 0.15) is 72.7 Å². The van der Waals surface area contributed by atoms with Crippen LogP contribution in [-0.4, -0.2) is 128 Å². The number of pyridine rings is 1. The van der Waals surface area contributed by atoms with E-state index in [2.05, 4.69) is 53.5 Å². The highest BCUT2D eigenvalue weighted by molar-refractivity contribution is 6.08. The summed E-state index contributed by atoms with van der Waals surface area (Å²) >= 11 is 0. The van der Waals surface area contributed by atoms with Gasteiger partial charge in [-0.05, 0) is 68.2 Å².